The second-order valence-electron chi connectivity index (χ2n) is 3.32. The SMILES string of the molecule is CCCNC(=O)/C(C#N)=C/c1ccncc1Cl. The molecule has 0 aliphatic heterocycles. The summed E-state index contributed by atoms with van der Waals surface area (Å²) in [5.41, 5.74) is 0.636. The van der Waals surface area contributed by atoms with Crippen LogP contribution in [-0.4, -0.2) is 17.4 Å². The van der Waals surface area contributed by atoms with E-state index in [0.717, 1.165) is 6.42 Å². The van der Waals surface area contributed by atoms with Crippen molar-refractivity contribution < 1.29 is 4.79 Å². The Hall–Kier alpha value is -1.86. The van der Waals surface area contributed by atoms with Gasteiger partial charge < -0.3 is 5.32 Å². The highest BCUT2D eigenvalue weighted by Gasteiger charge is 2.08. The van der Waals surface area contributed by atoms with Gasteiger partial charge in [-0.3, -0.25) is 9.78 Å². The summed E-state index contributed by atoms with van der Waals surface area (Å²) in [6.07, 6.45) is 5.29. The standard InChI is InChI=1S/C12H12ClN3O/c1-2-4-16-12(17)10(7-14)6-9-3-5-15-8-11(9)13/h3,5-6,8H,2,4H2,1H3,(H,16,17)/b10-6+. The third kappa shape index (κ3) is 3.89. The van der Waals surface area contributed by atoms with Crippen molar-refractivity contribution in [2.75, 3.05) is 6.54 Å². The van der Waals surface area contributed by atoms with Crippen molar-refractivity contribution in [2.45, 2.75) is 13.3 Å². The molecule has 4 nitrogen and oxygen atoms in total. The number of hydrogen-bond acceptors (Lipinski definition) is 3. The fourth-order valence-electron chi connectivity index (χ4n) is 1.14. The van der Waals surface area contributed by atoms with Crippen LogP contribution in [0.1, 0.15) is 18.9 Å². The predicted molar refractivity (Wildman–Crippen MR) is 66.1 cm³/mol. The summed E-state index contributed by atoms with van der Waals surface area (Å²) in [6.45, 7) is 2.48. The van der Waals surface area contributed by atoms with E-state index in [1.165, 1.54) is 12.3 Å². The highest BCUT2D eigenvalue weighted by Crippen LogP contribution is 2.16. The van der Waals surface area contributed by atoms with Crippen molar-refractivity contribution in [3.63, 3.8) is 0 Å². The third-order valence-corrected chi connectivity index (χ3v) is 2.32. The molecule has 0 saturated carbocycles. The summed E-state index contributed by atoms with van der Waals surface area (Å²) in [4.78, 5) is 15.4. The van der Waals surface area contributed by atoms with E-state index in [1.54, 1.807) is 12.3 Å². The maximum Gasteiger partial charge on any atom is 0.261 e. The smallest absolute Gasteiger partial charge is 0.261 e. The van der Waals surface area contributed by atoms with Crippen LogP contribution in [-0.2, 0) is 4.79 Å². The quantitative estimate of drug-likeness (QED) is 0.657. The minimum Gasteiger partial charge on any atom is -0.351 e. The molecule has 0 saturated heterocycles. The van der Waals surface area contributed by atoms with E-state index in [1.807, 2.05) is 13.0 Å². The molecule has 1 amide bonds. The van der Waals surface area contributed by atoms with E-state index in [2.05, 4.69) is 10.3 Å². The Morgan fingerprint density at radius 1 is 1.71 bits per heavy atom. The highest BCUT2D eigenvalue weighted by atomic mass is 35.5. The van der Waals surface area contributed by atoms with Gasteiger partial charge in [0.1, 0.15) is 11.6 Å². The fraction of sp³-hybridized carbons (Fsp3) is 0.250. The van der Waals surface area contributed by atoms with Crippen molar-refractivity contribution in [3.8, 4) is 6.07 Å². The molecule has 0 aromatic carbocycles. The molecule has 17 heavy (non-hydrogen) atoms. The normalized spacial score (nSPS) is 10.8. The number of nitrogens with zero attached hydrogens (tertiary/aromatic N) is 2. The molecule has 0 fully saturated rings. The highest BCUT2D eigenvalue weighted by molar-refractivity contribution is 6.32. The van der Waals surface area contributed by atoms with Crippen LogP contribution in [0.3, 0.4) is 0 Å². The van der Waals surface area contributed by atoms with E-state index in [9.17, 15) is 4.79 Å². The molecule has 1 heterocycles. The third-order valence-electron chi connectivity index (χ3n) is 2.00. The maximum absolute atomic E-state index is 11.6. The molecule has 1 aromatic heterocycles. The molecule has 5 heteroatoms. The summed E-state index contributed by atoms with van der Waals surface area (Å²) in [5, 5.41) is 12.0. The molecule has 0 bridgehead atoms. The van der Waals surface area contributed by atoms with Gasteiger partial charge in [0.15, 0.2) is 0 Å². The van der Waals surface area contributed by atoms with E-state index in [4.69, 9.17) is 16.9 Å². The van der Waals surface area contributed by atoms with Crippen molar-refractivity contribution in [3.05, 3.63) is 34.6 Å². The average Bonchev–Trinajstić information content (AvgIpc) is 2.35. The van der Waals surface area contributed by atoms with Crippen LogP contribution >= 0.6 is 11.6 Å². The minimum absolute atomic E-state index is 0.0338. The van der Waals surface area contributed by atoms with Gasteiger partial charge in [-0.2, -0.15) is 5.26 Å². The van der Waals surface area contributed by atoms with Crippen LogP contribution in [0.2, 0.25) is 5.02 Å². The molecule has 0 atom stereocenters. The number of aromatic nitrogens is 1. The van der Waals surface area contributed by atoms with Crippen LogP contribution in [0.25, 0.3) is 6.08 Å². The van der Waals surface area contributed by atoms with E-state index >= 15 is 0 Å². The van der Waals surface area contributed by atoms with Crippen LogP contribution in [0.5, 0.6) is 0 Å². The fourth-order valence-corrected chi connectivity index (χ4v) is 1.31. The van der Waals surface area contributed by atoms with Gasteiger partial charge in [0.2, 0.25) is 0 Å². The van der Waals surface area contributed by atoms with Gasteiger partial charge in [-0.05, 0) is 24.1 Å². The second-order valence-corrected chi connectivity index (χ2v) is 3.73. The molecule has 0 aliphatic rings. The zero-order chi connectivity index (χ0) is 12.7. The van der Waals surface area contributed by atoms with Gasteiger partial charge in [-0.25, -0.2) is 0 Å². The van der Waals surface area contributed by atoms with Gasteiger partial charge >= 0.3 is 0 Å². The Balaban J connectivity index is 2.92. The van der Waals surface area contributed by atoms with Crippen LogP contribution < -0.4 is 5.32 Å². The first-order chi connectivity index (χ1) is 8.19. The summed E-state index contributed by atoms with van der Waals surface area (Å²) < 4.78 is 0. The molecule has 0 radical (unpaired) electrons. The number of pyridine rings is 1. The largest absolute Gasteiger partial charge is 0.351 e. The molecule has 0 aliphatic carbocycles. The van der Waals surface area contributed by atoms with E-state index in [-0.39, 0.29) is 11.5 Å². The second kappa shape index (κ2) is 6.66. The van der Waals surface area contributed by atoms with E-state index < -0.39 is 0 Å². The van der Waals surface area contributed by atoms with Crippen molar-refractivity contribution in [1.29, 1.82) is 5.26 Å². The van der Waals surface area contributed by atoms with Gasteiger partial charge in [-0.15, -0.1) is 0 Å². The summed E-state index contributed by atoms with van der Waals surface area (Å²) in [7, 11) is 0. The van der Waals surface area contributed by atoms with Gasteiger partial charge in [0.25, 0.3) is 5.91 Å². The minimum atomic E-state index is -0.387. The number of carbonyl (C=O) groups is 1. The van der Waals surface area contributed by atoms with Gasteiger partial charge in [-0.1, -0.05) is 18.5 Å². The Morgan fingerprint density at radius 3 is 3.06 bits per heavy atom. The molecule has 0 spiro atoms. The molecule has 88 valence electrons. The first-order valence-corrected chi connectivity index (χ1v) is 5.56. The number of rotatable bonds is 4. The lowest BCUT2D eigenvalue weighted by atomic mass is 10.1. The number of hydrogen-bond donors (Lipinski definition) is 1. The van der Waals surface area contributed by atoms with Crippen molar-refractivity contribution in [2.24, 2.45) is 0 Å². The maximum atomic E-state index is 11.6. The number of halogens is 1. The Bertz CT molecular complexity index is 477. The monoisotopic (exact) mass is 249 g/mol. The number of nitrogens with one attached hydrogen (secondary N) is 1. The zero-order valence-corrected chi connectivity index (χ0v) is 10.2. The molecule has 1 rings (SSSR count). The van der Waals surface area contributed by atoms with Crippen LogP contribution in [0, 0.1) is 11.3 Å². The van der Waals surface area contributed by atoms with Gasteiger partial charge in [0.05, 0.1) is 5.02 Å². The summed E-state index contributed by atoms with van der Waals surface area (Å²) in [5.74, 6) is -0.387. The average molecular weight is 250 g/mol. The van der Waals surface area contributed by atoms with Crippen molar-refractivity contribution >= 4 is 23.6 Å². The van der Waals surface area contributed by atoms with Crippen molar-refractivity contribution in [1.82, 2.24) is 10.3 Å². The summed E-state index contributed by atoms with van der Waals surface area (Å²) in [6, 6.07) is 3.50. The molecule has 0 unspecified atom stereocenters. The van der Waals surface area contributed by atoms with Crippen LogP contribution in [0.4, 0.5) is 0 Å². The Kier molecular flexibility index (Phi) is 5.18. The van der Waals surface area contributed by atoms with Gasteiger partial charge in [0, 0.05) is 18.9 Å². The molecular formula is C12H12ClN3O. The molecule has 1 aromatic rings. The molecule has 1 N–H and O–H groups in total. The Labute approximate surface area is 105 Å². The Morgan fingerprint density at radius 2 is 2.47 bits per heavy atom. The first kappa shape index (κ1) is 13.2. The van der Waals surface area contributed by atoms with Crippen LogP contribution in [0.15, 0.2) is 24.0 Å². The lowest BCUT2D eigenvalue weighted by molar-refractivity contribution is -0.117. The van der Waals surface area contributed by atoms with E-state index in [0.29, 0.717) is 17.1 Å². The molecular weight excluding hydrogens is 238 g/mol. The number of nitriles is 1. The zero-order valence-electron chi connectivity index (χ0n) is 9.40. The number of amides is 1. The summed E-state index contributed by atoms with van der Waals surface area (Å²) >= 11 is 5.89. The first-order valence-electron chi connectivity index (χ1n) is 5.18. The lowest BCUT2D eigenvalue weighted by Gasteiger charge is -2.02. The topological polar surface area (TPSA) is 65.8 Å². The lowest BCUT2D eigenvalue weighted by Crippen LogP contribution is -2.25. The number of carbonyl (C=O) groups excluding carboxylic acids is 1. The predicted octanol–water partition coefficient (Wildman–Crippen LogP) is 2.17.